The quantitative estimate of drug-likeness (QED) is 0.763. The molecule has 0 spiro atoms. The van der Waals surface area contributed by atoms with Gasteiger partial charge in [0.1, 0.15) is 18.2 Å². The van der Waals surface area contributed by atoms with Crippen LogP contribution in [-0.2, 0) is 16.1 Å². The molecule has 3 atom stereocenters. The number of carbonyl (C=O) groups excluding carboxylic acids is 1. The summed E-state index contributed by atoms with van der Waals surface area (Å²) in [6.07, 6.45) is 0. The number of aromatic nitrogens is 1. The zero-order chi connectivity index (χ0) is 19.7. The smallest absolute Gasteiger partial charge is 0.249 e. The first-order valence-electron chi connectivity index (χ1n) is 9.82. The lowest BCUT2D eigenvalue weighted by atomic mass is 9.89. The van der Waals surface area contributed by atoms with Crippen LogP contribution in [0.5, 0.6) is 0 Å². The first-order valence-corrected chi connectivity index (χ1v) is 9.82. The van der Waals surface area contributed by atoms with Gasteiger partial charge in [-0.1, -0.05) is 17.3 Å². The molecule has 0 bridgehead atoms. The fourth-order valence-corrected chi connectivity index (χ4v) is 4.63. The Balaban J connectivity index is 1.54. The average molecular weight is 387 g/mol. The summed E-state index contributed by atoms with van der Waals surface area (Å²) in [5, 5.41) is 4.09. The van der Waals surface area contributed by atoms with Gasteiger partial charge in [0.05, 0.1) is 11.7 Å². The second-order valence-corrected chi connectivity index (χ2v) is 7.73. The van der Waals surface area contributed by atoms with Crippen LogP contribution in [0.3, 0.4) is 0 Å². The van der Waals surface area contributed by atoms with Gasteiger partial charge >= 0.3 is 0 Å². The Morgan fingerprint density at radius 1 is 1.32 bits per heavy atom. The first-order chi connectivity index (χ1) is 13.5. The summed E-state index contributed by atoms with van der Waals surface area (Å²) in [5.41, 5.74) is 1.78. The summed E-state index contributed by atoms with van der Waals surface area (Å²) in [6, 6.07) is 8.45. The number of halogens is 1. The molecule has 1 aromatic heterocycles. The van der Waals surface area contributed by atoms with E-state index in [1.807, 2.05) is 30.9 Å². The topological polar surface area (TPSA) is 58.8 Å². The Morgan fingerprint density at radius 3 is 2.89 bits per heavy atom. The average Bonchev–Trinajstić information content (AvgIpc) is 3.34. The second-order valence-electron chi connectivity index (χ2n) is 7.73. The van der Waals surface area contributed by atoms with Crippen molar-refractivity contribution in [2.24, 2.45) is 11.8 Å². The predicted molar refractivity (Wildman–Crippen MR) is 101 cm³/mol. The first kappa shape index (κ1) is 19.1. The molecule has 0 saturated carbocycles. The highest BCUT2D eigenvalue weighted by Gasteiger charge is 2.49. The van der Waals surface area contributed by atoms with Gasteiger partial charge in [-0.15, -0.1) is 0 Å². The molecule has 3 heterocycles. The third kappa shape index (κ3) is 3.82. The molecular weight excluding hydrogens is 361 g/mol. The largest absolute Gasteiger partial charge is 0.372 e. The van der Waals surface area contributed by atoms with E-state index >= 15 is 0 Å². The molecule has 0 N–H and O–H groups in total. The van der Waals surface area contributed by atoms with Crippen LogP contribution in [-0.4, -0.2) is 53.7 Å². The van der Waals surface area contributed by atoms with Crippen LogP contribution in [0.2, 0.25) is 0 Å². The molecular formula is C21H26FN3O3. The van der Waals surface area contributed by atoms with Crippen molar-refractivity contribution in [3.63, 3.8) is 0 Å². The highest BCUT2D eigenvalue weighted by Crippen LogP contribution is 2.45. The van der Waals surface area contributed by atoms with E-state index in [9.17, 15) is 9.18 Å². The van der Waals surface area contributed by atoms with E-state index in [1.165, 1.54) is 6.07 Å². The molecule has 2 aromatic rings. The minimum atomic E-state index is -0.272. The highest BCUT2D eigenvalue weighted by molar-refractivity contribution is 5.78. The van der Waals surface area contributed by atoms with Gasteiger partial charge in [-0.2, -0.15) is 0 Å². The van der Waals surface area contributed by atoms with Crippen molar-refractivity contribution >= 4 is 5.91 Å². The van der Waals surface area contributed by atoms with Gasteiger partial charge in [-0.05, 0) is 37.5 Å². The number of rotatable bonds is 6. The third-order valence-electron chi connectivity index (χ3n) is 5.74. The molecule has 2 aliphatic heterocycles. The number of carbonyl (C=O) groups is 1. The van der Waals surface area contributed by atoms with Gasteiger partial charge in [-0.25, -0.2) is 4.39 Å². The van der Waals surface area contributed by atoms with Gasteiger partial charge in [0.15, 0.2) is 0 Å². The van der Waals surface area contributed by atoms with Gasteiger partial charge in [0.25, 0.3) is 0 Å². The number of benzene rings is 1. The summed E-state index contributed by atoms with van der Waals surface area (Å²) in [6.45, 7) is 7.47. The molecule has 2 fully saturated rings. The van der Waals surface area contributed by atoms with E-state index < -0.39 is 0 Å². The van der Waals surface area contributed by atoms with Crippen molar-refractivity contribution in [2.45, 2.75) is 26.4 Å². The van der Waals surface area contributed by atoms with Crippen LogP contribution in [0.1, 0.15) is 30.0 Å². The Bertz CT molecular complexity index is 840. The maximum atomic E-state index is 13.9. The number of hydrogen-bond acceptors (Lipinski definition) is 5. The standard InChI is InChI=1S/C21H26FN3O3/c1-3-27-13-20(26)25-10-16-9-24(11-18-7-14(2)28-23-18)12-19(16)21(25)15-5-4-6-17(22)8-15/h4-8,16,19,21H,3,9-13H2,1-2H3/t16-,19-,21+/m0/s1. The van der Waals surface area contributed by atoms with E-state index in [2.05, 4.69) is 10.1 Å². The van der Waals surface area contributed by atoms with Crippen LogP contribution in [0, 0.1) is 24.6 Å². The van der Waals surface area contributed by atoms with Gasteiger partial charge in [-0.3, -0.25) is 9.69 Å². The van der Waals surface area contributed by atoms with Crippen LogP contribution in [0.15, 0.2) is 34.9 Å². The van der Waals surface area contributed by atoms with Crippen LogP contribution in [0.4, 0.5) is 4.39 Å². The zero-order valence-electron chi connectivity index (χ0n) is 16.3. The van der Waals surface area contributed by atoms with Crippen LogP contribution in [0.25, 0.3) is 0 Å². The van der Waals surface area contributed by atoms with E-state index in [4.69, 9.17) is 9.26 Å². The molecule has 0 aliphatic carbocycles. The van der Waals surface area contributed by atoms with Gasteiger partial charge in [0, 0.05) is 44.8 Å². The number of likely N-dealkylation sites (tertiary alicyclic amines) is 2. The van der Waals surface area contributed by atoms with Crippen molar-refractivity contribution < 1.29 is 18.4 Å². The minimum absolute atomic E-state index is 0.0239. The maximum absolute atomic E-state index is 13.9. The summed E-state index contributed by atoms with van der Waals surface area (Å²) in [4.78, 5) is 17.0. The van der Waals surface area contributed by atoms with Crippen molar-refractivity contribution in [2.75, 3.05) is 32.8 Å². The highest BCUT2D eigenvalue weighted by atomic mass is 19.1. The lowest BCUT2D eigenvalue weighted by molar-refractivity contribution is -0.137. The van der Waals surface area contributed by atoms with Crippen LogP contribution < -0.4 is 0 Å². The van der Waals surface area contributed by atoms with E-state index in [-0.39, 0.29) is 30.3 Å². The monoisotopic (exact) mass is 387 g/mol. The van der Waals surface area contributed by atoms with Crippen molar-refractivity contribution in [1.82, 2.24) is 15.0 Å². The molecule has 150 valence electrons. The Hall–Kier alpha value is -2.25. The molecule has 4 rings (SSSR count). The Kier molecular flexibility index (Phi) is 5.46. The molecule has 1 amide bonds. The minimum Gasteiger partial charge on any atom is -0.372 e. The summed E-state index contributed by atoms with van der Waals surface area (Å²) >= 11 is 0. The molecule has 1 aromatic carbocycles. The number of fused-ring (bicyclic) bond motifs is 1. The lowest BCUT2D eigenvalue weighted by Crippen LogP contribution is -2.37. The predicted octanol–water partition coefficient (Wildman–Crippen LogP) is 2.79. The summed E-state index contributed by atoms with van der Waals surface area (Å²) in [5.74, 6) is 1.13. The maximum Gasteiger partial charge on any atom is 0.249 e. The number of amides is 1. The van der Waals surface area contributed by atoms with Gasteiger partial charge < -0.3 is 14.2 Å². The van der Waals surface area contributed by atoms with Crippen LogP contribution >= 0.6 is 0 Å². The van der Waals surface area contributed by atoms with Gasteiger partial charge in [0.2, 0.25) is 5.91 Å². The molecule has 0 radical (unpaired) electrons. The zero-order valence-corrected chi connectivity index (χ0v) is 16.3. The SMILES string of the molecule is CCOCC(=O)N1C[C@@H]2CN(Cc3cc(C)on3)C[C@@H]2[C@H]1c1cccc(F)c1. The second kappa shape index (κ2) is 8.01. The van der Waals surface area contributed by atoms with E-state index in [0.717, 1.165) is 36.7 Å². The van der Waals surface area contributed by atoms with E-state index in [1.54, 1.807) is 12.1 Å². The van der Waals surface area contributed by atoms with Crippen molar-refractivity contribution in [1.29, 1.82) is 0 Å². The number of nitrogens with zero attached hydrogens (tertiary/aromatic N) is 3. The summed E-state index contributed by atoms with van der Waals surface area (Å²) < 4.78 is 24.4. The molecule has 7 heteroatoms. The van der Waals surface area contributed by atoms with Crippen molar-refractivity contribution in [3.05, 3.63) is 53.2 Å². The third-order valence-corrected chi connectivity index (χ3v) is 5.74. The molecule has 28 heavy (non-hydrogen) atoms. The fraction of sp³-hybridized carbons (Fsp3) is 0.524. The summed E-state index contributed by atoms with van der Waals surface area (Å²) in [7, 11) is 0. The molecule has 6 nitrogen and oxygen atoms in total. The van der Waals surface area contributed by atoms with E-state index in [0.29, 0.717) is 19.1 Å². The number of hydrogen-bond donors (Lipinski definition) is 0. The van der Waals surface area contributed by atoms with Crippen molar-refractivity contribution in [3.8, 4) is 0 Å². The molecule has 2 saturated heterocycles. The molecule has 0 unspecified atom stereocenters. The normalized spacial score (nSPS) is 24.7. The number of aryl methyl sites for hydroxylation is 1. The fourth-order valence-electron chi connectivity index (χ4n) is 4.63. The Morgan fingerprint density at radius 2 is 2.18 bits per heavy atom. The lowest BCUT2D eigenvalue weighted by Gasteiger charge is -2.30. The molecule has 2 aliphatic rings. The Labute approximate surface area is 164 Å². The number of ether oxygens (including phenoxy) is 1.